The van der Waals surface area contributed by atoms with Crippen LogP contribution in [0.4, 0.5) is 5.69 Å². The van der Waals surface area contributed by atoms with Crippen LogP contribution in [0.2, 0.25) is 0 Å². The first-order valence-corrected chi connectivity index (χ1v) is 9.80. The van der Waals surface area contributed by atoms with Gasteiger partial charge in [0.1, 0.15) is 0 Å². The predicted octanol–water partition coefficient (Wildman–Crippen LogP) is 3.89. The van der Waals surface area contributed by atoms with Crippen molar-refractivity contribution in [1.82, 2.24) is 20.5 Å². The summed E-state index contributed by atoms with van der Waals surface area (Å²) in [5.74, 6) is 0.516. The summed E-state index contributed by atoms with van der Waals surface area (Å²) in [5, 5.41) is 13.9. The molecule has 0 saturated heterocycles. The Morgan fingerprint density at radius 1 is 1.21 bits per heavy atom. The molecule has 0 atom stereocenters. The summed E-state index contributed by atoms with van der Waals surface area (Å²) in [6, 6.07) is 11.7. The maximum atomic E-state index is 12.6. The van der Waals surface area contributed by atoms with Gasteiger partial charge in [-0.3, -0.25) is 14.9 Å². The molecule has 1 aromatic carbocycles. The molecule has 1 amide bonds. The molecule has 1 fully saturated rings. The Morgan fingerprint density at radius 2 is 2.11 bits per heavy atom. The first-order valence-electron chi connectivity index (χ1n) is 9.80. The molecule has 0 unspecified atom stereocenters. The van der Waals surface area contributed by atoms with Crippen LogP contribution in [0.5, 0.6) is 0 Å². The molecule has 0 spiro atoms. The number of rotatable bonds is 8. The first kappa shape index (κ1) is 18.2. The number of pyridine rings is 1. The molecule has 6 heteroatoms. The van der Waals surface area contributed by atoms with E-state index in [4.69, 9.17) is 0 Å². The number of H-pyrrole nitrogens is 1. The van der Waals surface area contributed by atoms with Crippen LogP contribution in [0.15, 0.2) is 48.8 Å². The Kier molecular flexibility index (Phi) is 5.37. The number of benzene rings is 1. The predicted molar refractivity (Wildman–Crippen MR) is 110 cm³/mol. The zero-order valence-corrected chi connectivity index (χ0v) is 16.0. The minimum Gasteiger partial charge on any atom is -0.384 e. The average molecular weight is 375 g/mol. The van der Waals surface area contributed by atoms with Crippen molar-refractivity contribution in [2.24, 2.45) is 0 Å². The summed E-state index contributed by atoms with van der Waals surface area (Å²) in [6.45, 7) is 3.44. The van der Waals surface area contributed by atoms with Crippen molar-refractivity contribution < 1.29 is 4.79 Å². The van der Waals surface area contributed by atoms with Gasteiger partial charge in [0.25, 0.3) is 5.91 Å². The highest BCUT2D eigenvalue weighted by molar-refractivity contribution is 5.95. The standard InChI is InChI=1S/C22H25N5O/c1-15-20(21(27-26-15)16-8-9-16)17-5-2-6-18(13-17)22(28)25-12-4-11-24-19-7-3-10-23-14-19/h2-3,5-7,10,13-14,16,24H,4,8-9,11-12H2,1H3,(H,25,28)(H,26,27). The van der Waals surface area contributed by atoms with E-state index in [0.717, 1.165) is 41.2 Å². The van der Waals surface area contributed by atoms with Gasteiger partial charge in [-0.05, 0) is 56.0 Å². The molecule has 0 radical (unpaired) electrons. The Morgan fingerprint density at radius 3 is 2.89 bits per heavy atom. The third-order valence-corrected chi connectivity index (χ3v) is 4.98. The number of anilines is 1. The van der Waals surface area contributed by atoms with Crippen LogP contribution in [-0.2, 0) is 0 Å². The second kappa shape index (κ2) is 8.25. The van der Waals surface area contributed by atoms with Crippen LogP contribution in [0, 0.1) is 6.92 Å². The molecule has 1 aliphatic rings. The highest BCUT2D eigenvalue weighted by atomic mass is 16.1. The lowest BCUT2D eigenvalue weighted by Gasteiger charge is -2.09. The summed E-state index contributed by atoms with van der Waals surface area (Å²) in [4.78, 5) is 16.6. The molecule has 1 aliphatic carbocycles. The molecule has 3 N–H and O–H groups in total. The number of amides is 1. The van der Waals surface area contributed by atoms with Crippen LogP contribution < -0.4 is 10.6 Å². The maximum absolute atomic E-state index is 12.6. The Labute approximate surface area is 164 Å². The molecular formula is C22H25N5O. The van der Waals surface area contributed by atoms with Gasteiger partial charge in [0.15, 0.2) is 0 Å². The topological polar surface area (TPSA) is 82.7 Å². The van der Waals surface area contributed by atoms with Gasteiger partial charge in [-0.15, -0.1) is 0 Å². The fourth-order valence-electron chi connectivity index (χ4n) is 3.37. The number of aromatic amines is 1. The number of aromatic nitrogens is 3. The van der Waals surface area contributed by atoms with E-state index >= 15 is 0 Å². The molecule has 0 aliphatic heterocycles. The smallest absolute Gasteiger partial charge is 0.251 e. The average Bonchev–Trinajstić information content (AvgIpc) is 3.50. The molecule has 6 nitrogen and oxygen atoms in total. The Bertz CT molecular complexity index is 947. The van der Waals surface area contributed by atoms with E-state index in [2.05, 4.69) is 31.9 Å². The summed E-state index contributed by atoms with van der Waals surface area (Å²) in [6.07, 6.45) is 6.78. The second-order valence-electron chi connectivity index (χ2n) is 7.24. The third-order valence-electron chi connectivity index (χ3n) is 4.98. The van der Waals surface area contributed by atoms with E-state index in [0.29, 0.717) is 18.0 Å². The molecule has 28 heavy (non-hydrogen) atoms. The number of carbonyl (C=O) groups excluding carboxylic acids is 1. The third kappa shape index (κ3) is 4.22. The van der Waals surface area contributed by atoms with E-state index < -0.39 is 0 Å². The van der Waals surface area contributed by atoms with E-state index in [1.165, 1.54) is 12.8 Å². The molecule has 2 aromatic heterocycles. The lowest BCUT2D eigenvalue weighted by molar-refractivity contribution is 0.0953. The second-order valence-corrected chi connectivity index (χ2v) is 7.24. The summed E-state index contributed by atoms with van der Waals surface area (Å²) >= 11 is 0. The lowest BCUT2D eigenvalue weighted by Crippen LogP contribution is -2.25. The van der Waals surface area contributed by atoms with Gasteiger partial charge in [0.05, 0.1) is 11.4 Å². The van der Waals surface area contributed by atoms with Gasteiger partial charge >= 0.3 is 0 Å². The molecule has 4 rings (SSSR count). The van der Waals surface area contributed by atoms with Crippen molar-refractivity contribution in [2.45, 2.75) is 32.1 Å². The number of hydrogen-bond donors (Lipinski definition) is 3. The van der Waals surface area contributed by atoms with Crippen molar-refractivity contribution >= 4 is 11.6 Å². The first-order chi connectivity index (χ1) is 13.7. The summed E-state index contributed by atoms with van der Waals surface area (Å²) < 4.78 is 0. The van der Waals surface area contributed by atoms with Gasteiger partial charge in [-0.1, -0.05) is 12.1 Å². The Hall–Kier alpha value is -3.15. The summed E-state index contributed by atoms with van der Waals surface area (Å²) in [5.41, 5.74) is 6.07. The van der Waals surface area contributed by atoms with Gasteiger partial charge < -0.3 is 10.6 Å². The highest BCUT2D eigenvalue weighted by Gasteiger charge is 2.30. The van der Waals surface area contributed by atoms with Gasteiger partial charge in [0, 0.05) is 48.2 Å². The molecule has 0 bridgehead atoms. The van der Waals surface area contributed by atoms with Crippen LogP contribution in [0.1, 0.15) is 46.9 Å². The van der Waals surface area contributed by atoms with Crippen LogP contribution in [0.3, 0.4) is 0 Å². The fraction of sp³-hybridized carbons (Fsp3) is 0.318. The molecule has 3 aromatic rings. The van der Waals surface area contributed by atoms with Crippen LogP contribution in [-0.4, -0.2) is 34.2 Å². The minimum absolute atomic E-state index is 0.0441. The maximum Gasteiger partial charge on any atom is 0.251 e. The van der Waals surface area contributed by atoms with Gasteiger partial charge in [0.2, 0.25) is 0 Å². The van der Waals surface area contributed by atoms with Gasteiger partial charge in [-0.2, -0.15) is 5.10 Å². The largest absolute Gasteiger partial charge is 0.384 e. The van der Waals surface area contributed by atoms with Crippen LogP contribution in [0.25, 0.3) is 11.1 Å². The van der Waals surface area contributed by atoms with Crippen LogP contribution >= 0.6 is 0 Å². The molecular weight excluding hydrogens is 350 g/mol. The Balaban J connectivity index is 1.34. The normalized spacial score (nSPS) is 13.3. The quantitative estimate of drug-likeness (QED) is 0.522. The van der Waals surface area contributed by atoms with Crippen molar-refractivity contribution in [3.05, 3.63) is 65.7 Å². The molecule has 2 heterocycles. The van der Waals surface area contributed by atoms with Gasteiger partial charge in [-0.25, -0.2) is 0 Å². The van der Waals surface area contributed by atoms with Crippen molar-refractivity contribution in [2.75, 3.05) is 18.4 Å². The number of aryl methyl sites for hydroxylation is 1. The summed E-state index contributed by atoms with van der Waals surface area (Å²) in [7, 11) is 0. The van der Waals surface area contributed by atoms with E-state index in [1.807, 2.05) is 37.3 Å². The number of carbonyl (C=O) groups is 1. The monoisotopic (exact) mass is 375 g/mol. The number of hydrogen-bond acceptors (Lipinski definition) is 4. The zero-order chi connectivity index (χ0) is 19.3. The fourth-order valence-corrected chi connectivity index (χ4v) is 3.37. The SMILES string of the molecule is Cc1[nH]nc(C2CC2)c1-c1cccc(C(=O)NCCCNc2cccnc2)c1. The number of nitrogens with zero attached hydrogens (tertiary/aromatic N) is 2. The highest BCUT2D eigenvalue weighted by Crippen LogP contribution is 2.44. The van der Waals surface area contributed by atoms with E-state index in [1.54, 1.807) is 12.4 Å². The van der Waals surface area contributed by atoms with E-state index in [-0.39, 0.29) is 5.91 Å². The zero-order valence-electron chi connectivity index (χ0n) is 16.0. The lowest BCUT2D eigenvalue weighted by atomic mass is 9.99. The van der Waals surface area contributed by atoms with E-state index in [9.17, 15) is 4.79 Å². The van der Waals surface area contributed by atoms with Crippen molar-refractivity contribution in [1.29, 1.82) is 0 Å². The molecule has 1 saturated carbocycles. The number of nitrogens with one attached hydrogen (secondary N) is 3. The minimum atomic E-state index is -0.0441. The molecule has 144 valence electrons. The van der Waals surface area contributed by atoms with Crippen molar-refractivity contribution in [3.8, 4) is 11.1 Å². The van der Waals surface area contributed by atoms with Crippen molar-refractivity contribution in [3.63, 3.8) is 0 Å².